The van der Waals surface area contributed by atoms with Gasteiger partial charge in [0.05, 0.1) is 5.88 Å². The van der Waals surface area contributed by atoms with Gasteiger partial charge in [0.1, 0.15) is 0 Å². The van der Waals surface area contributed by atoms with Gasteiger partial charge in [-0.05, 0) is 25.0 Å². The predicted octanol–water partition coefficient (Wildman–Crippen LogP) is 2.72. The second-order valence-corrected chi connectivity index (χ2v) is 3.07. The molecule has 0 aliphatic heterocycles. The van der Waals surface area contributed by atoms with E-state index >= 15 is 0 Å². The van der Waals surface area contributed by atoms with E-state index in [2.05, 4.69) is 0 Å². The number of ketones is 1. The highest BCUT2D eigenvalue weighted by Crippen LogP contribution is 2.13. The lowest BCUT2D eigenvalue weighted by atomic mass is 10.0. The molecule has 0 amide bonds. The maximum Gasteiger partial charge on any atom is 0.177 e. The maximum atomic E-state index is 11.3. The normalized spacial score (nSPS) is 9.92. The first-order valence-corrected chi connectivity index (χ1v) is 4.35. The number of alkyl halides is 1. The summed E-state index contributed by atoms with van der Waals surface area (Å²) in [5.41, 5.74) is 2.90. The van der Waals surface area contributed by atoms with Gasteiger partial charge in [0.15, 0.2) is 5.78 Å². The van der Waals surface area contributed by atoms with Crippen LogP contribution in [0.4, 0.5) is 0 Å². The van der Waals surface area contributed by atoms with Gasteiger partial charge in [0.2, 0.25) is 0 Å². The third-order valence-corrected chi connectivity index (χ3v) is 2.27. The topological polar surface area (TPSA) is 17.1 Å². The summed E-state index contributed by atoms with van der Waals surface area (Å²) in [6.45, 7) is 3.93. The summed E-state index contributed by atoms with van der Waals surface area (Å²) in [6.07, 6.45) is 0. The molecule has 1 aromatic rings. The van der Waals surface area contributed by atoms with E-state index in [1.54, 1.807) is 0 Å². The molecule has 2 heteroatoms. The maximum absolute atomic E-state index is 11.3. The van der Waals surface area contributed by atoms with E-state index in [9.17, 15) is 4.79 Å². The Morgan fingerprint density at radius 2 is 2.08 bits per heavy atom. The molecular weight excluding hydrogens is 172 g/mol. The van der Waals surface area contributed by atoms with Crippen molar-refractivity contribution in [2.75, 3.05) is 5.88 Å². The molecule has 0 fully saturated rings. The number of benzene rings is 1. The van der Waals surface area contributed by atoms with Crippen molar-refractivity contribution >= 4 is 17.4 Å². The van der Waals surface area contributed by atoms with Crippen LogP contribution in [0.1, 0.15) is 21.5 Å². The molecule has 0 saturated heterocycles. The fraction of sp³-hybridized carbons (Fsp3) is 0.300. The molecule has 1 rings (SSSR count). The number of halogens is 1. The van der Waals surface area contributed by atoms with Crippen LogP contribution in [-0.4, -0.2) is 11.7 Å². The van der Waals surface area contributed by atoms with Crippen molar-refractivity contribution < 1.29 is 4.79 Å². The number of aryl methyl sites for hydroxylation is 1. The Bertz CT molecular complexity index is 305. The molecule has 0 spiro atoms. The molecule has 0 aliphatic carbocycles. The molecule has 1 nitrogen and oxygen atoms in total. The minimum atomic E-state index is -0.00198. The summed E-state index contributed by atoms with van der Waals surface area (Å²) >= 11 is 5.46. The van der Waals surface area contributed by atoms with Crippen molar-refractivity contribution in [3.8, 4) is 0 Å². The summed E-state index contributed by atoms with van der Waals surface area (Å²) in [7, 11) is 0. The minimum Gasteiger partial charge on any atom is -0.293 e. The van der Waals surface area contributed by atoms with Crippen LogP contribution >= 0.6 is 11.6 Å². The molecule has 0 bridgehead atoms. The summed E-state index contributed by atoms with van der Waals surface area (Å²) in [4.78, 5) is 11.3. The van der Waals surface area contributed by atoms with Crippen molar-refractivity contribution in [3.05, 3.63) is 34.9 Å². The molecule has 0 heterocycles. The number of hydrogen-bond acceptors (Lipinski definition) is 1. The summed E-state index contributed by atoms with van der Waals surface area (Å²) < 4.78 is 0. The number of hydrogen-bond donors (Lipinski definition) is 0. The van der Waals surface area contributed by atoms with Crippen molar-refractivity contribution in [2.45, 2.75) is 13.8 Å². The quantitative estimate of drug-likeness (QED) is 0.508. The van der Waals surface area contributed by atoms with Crippen LogP contribution in [-0.2, 0) is 0 Å². The first-order chi connectivity index (χ1) is 5.66. The number of rotatable bonds is 2. The Morgan fingerprint density at radius 1 is 1.42 bits per heavy atom. The van der Waals surface area contributed by atoms with Crippen molar-refractivity contribution in [2.24, 2.45) is 0 Å². The van der Waals surface area contributed by atoms with Gasteiger partial charge in [-0.1, -0.05) is 18.2 Å². The average Bonchev–Trinajstić information content (AvgIpc) is 2.08. The Morgan fingerprint density at radius 3 is 2.67 bits per heavy atom. The smallest absolute Gasteiger partial charge is 0.177 e. The first-order valence-electron chi connectivity index (χ1n) is 3.82. The molecule has 0 atom stereocenters. The van der Waals surface area contributed by atoms with Crippen molar-refractivity contribution in [1.82, 2.24) is 0 Å². The Hall–Kier alpha value is -0.820. The van der Waals surface area contributed by atoms with Gasteiger partial charge in [0.25, 0.3) is 0 Å². The molecule has 64 valence electrons. The lowest BCUT2D eigenvalue weighted by Gasteiger charge is -2.04. The lowest BCUT2D eigenvalue weighted by Crippen LogP contribution is -2.03. The Labute approximate surface area is 77.4 Å². The van der Waals surface area contributed by atoms with Crippen LogP contribution in [0.25, 0.3) is 0 Å². The predicted molar refractivity (Wildman–Crippen MR) is 51.0 cm³/mol. The van der Waals surface area contributed by atoms with Gasteiger partial charge in [-0.25, -0.2) is 0 Å². The summed E-state index contributed by atoms with van der Waals surface area (Å²) in [5, 5.41) is 0. The third-order valence-electron chi connectivity index (χ3n) is 2.03. The van der Waals surface area contributed by atoms with E-state index in [1.807, 2.05) is 32.0 Å². The zero-order chi connectivity index (χ0) is 9.14. The van der Waals surface area contributed by atoms with Gasteiger partial charge >= 0.3 is 0 Å². The van der Waals surface area contributed by atoms with Gasteiger partial charge in [-0.15, -0.1) is 11.6 Å². The van der Waals surface area contributed by atoms with E-state index in [1.165, 1.54) is 0 Å². The van der Waals surface area contributed by atoms with Crippen LogP contribution in [0.2, 0.25) is 0 Å². The zero-order valence-corrected chi connectivity index (χ0v) is 7.98. The second kappa shape index (κ2) is 3.72. The summed E-state index contributed by atoms with van der Waals surface area (Å²) in [6, 6.07) is 5.68. The van der Waals surface area contributed by atoms with Gasteiger partial charge in [-0.2, -0.15) is 0 Å². The highest BCUT2D eigenvalue weighted by atomic mass is 35.5. The monoisotopic (exact) mass is 182 g/mol. The molecule has 0 aromatic heterocycles. The zero-order valence-electron chi connectivity index (χ0n) is 7.23. The van der Waals surface area contributed by atoms with E-state index in [-0.39, 0.29) is 11.7 Å². The second-order valence-electron chi connectivity index (χ2n) is 2.80. The van der Waals surface area contributed by atoms with E-state index in [4.69, 9.17) is 11.6 Å². The van der Waals surface area contributed by atoms with E-state index in [0.29, 0.717) is 0 Å². The molecule has 12 heavy (non-hydrogen) atoms. The summed E-state index contributed by atoms with van der Waals surface area (Å²) in [5.74, 6) is 0.0578. The number of carbonyl (C=O) groups is 1. The number of carbonyl (C=O) groups excluding carboxylic acids is 1. The van der Waals surface area contributed by atoms with Gasteiger partial charge < -0.3 is 0 Å². The van der Waals surface area contributed by atoms with Gasteiger partial charge in [-0.3, -0.25) is 4.79 Å². The van der Waals surface area contributed by atoms with Crippen LogP contribution in [0.15, 0.2) is 18.2 Å². The fourth-order valence-electron chi connectivity index (χ4n) is 1.13. The molecule has 0 N–H and O–H groups in total. The molecule has 0 saturated carbocycles. The Kier molecular flexibility index (Phi) is 2.88. The lowest BCUT2D eigenvalue weighted by molar-refractivity contribution is 0.102. The first kappa shape index (κ1) is 9.27. The highest BCUT2D eigenvalue weighted by molar-refractivity contribution is 6.30. The van der Waals surface area contributed by atoms with Crippen molar-refractivity contribution in [3.63, 3.8) is 0 Å². The highest BCUT2D eigenvalue weighted by Gasteiger charge is 2.07. The molecule has 0 aliphatic rings. The molecule has 1 aromatic carbocycles. The molecular formula is C10H11ClO. The Balaban J connectivity index is 3.16. The van der Waals surface area contributed by atoms with Crippen molar-refractivity contribution in [1.29, 1.82) is 0 Å². The fourth-order valence-corrected chi connectivity index (χ4v) is 1.27. The van der Waals surface area contributed by atoms with Crippen LogP contribution in [0.3, 0.4) is 0 Å². The van der Waals surface area contributed by atoms with E-state index in [0.717, 1.165) is 16.7 Å². The standard InChI is InChI=1S/C10H11ClO/c1-7-4-3-5-9(8(7)2)10(12)6-11/h3-5H,6H2,1-2H3. The number of Topliss-reactive ketones (excluding diaryl/α,β-unsaturated/α-hetero) is 1. The SMILES string of the molecule is Cc1cccc(C(=O)CCl)c1C. The third kappa shape index (κ3) is 1.67. The van der Waals surface area contributed by atoms with Crippen LogP contribution in [0.5, 0.6) is 0 Å². The molecule has 0 unspecified atom stereocenters. The minimum absolute atomic E-state index is 0.00198. The van der Waals surface area contributed by atoms with Crippen LogP contribution < -0.4 is 0 Å². The largest absolute Gasteiger partial charge is 0.293 e. The van der Waals surface area contributed by atoms with Crippen LogP contribution in [0, 0.1) is 13.8 Å². The molecule has 0 radical (unpaired) electrons. The van der Waals surface area contributed by atoms with Gasteiger partial charge in [0, 0.05) is 5.56 Å². The average molecular weight is 183 g/mol. The van der Waals surface area contributed by atoms with E-state index < -0.39 is 0 Å².